The molecule has 0 radical (unpaired) electrons. The Hall–Kier alpha value is -0.120. The Morgan fingerprint density at radius 3 is 2.69 bits per heavy atom. The molecule has 0 aromatic heterocycles. The van der Waals surface area contributed by atoms with E-state index in [0.29, 0.717) is 12.1 Å². The van der Waals surface area contributed by atoms with Gasteiger partial charge in [0, 0.05) is 19.2 Å². The molecule has 0 amide bonds. The van der Waals surface area contributed by atoms with Crippen LogP contribution in [0.15, 0.2) is 0 Å². The second-order valence-corrected chi connectivity index (χ2v) is 4.29. The van der Waals surface area contributed by atoms with Gasteiger partial charge in [-0.2, -0.15) is 0 Å². The van der Waals surface area contributed by atoms with Crippen LogP contribution in [-0.4, -0.2) is 48.5 Å². The summed E-state index contributed by atoms with van der Waals surface area (Å²) in [4.78, 5) is 2.25. The van der Waals surface area contributed by atoms with Gasteiger partial charge in [-0.05, 0) is 32.7 Å². The fourth-order valence-electron chi connectivity index (χ4n) is 2.22. The van der Waals surface area contributed by atoms with Crippen molar-refractivity contribution in [1.82, 2.24) is 4.90 Å². The molecular formula is C10H19NO2. The summed E-state index contributed by atoms with van der Waals surface area (Å²) < 4.78 is 5.55. The lowest BCUT2D eigenvalue weighted by Gasteiger charge is -2.40. The van der Waals surface area contributed by atoms with Gasteiger partial charge in [-0.25, -0.2) is 0 Å². The molecule has 1 saturated heterocycles. The first-order chi connectivity index (χ1) is 6.27. The number of aliphatic hydroxyl groups is 1. The number of hydrogen-bond acceptors (Lipinski definition) is 3. The molecule has 13 heavy (non-hydrogen) atoms. The van der Waals surface area contributed by atoms with Crippen molar-refractivity contribution in [1.29, 1.82) is 0 Å². The van der Waals surface area contributed by atoms with E-state index in [9.17, 15) is 5.11 Å². The van der Waals surface area contributed by atoms with Gasteiger partial charge in [-0.15, -0.1) is 0 Å². The Bertz CT molecular complexity index is 168. The molecule has 0 spiro atoms. The summed E-state index contributed by atoms with van der Waals surface area (Å²) >= 11 is 0. The van der Waals surface area contributed by atoms with Crippen LogP contribution in [0.1, 0.15) is 25.7 Å². The van der Waals surface area contributed by atoms with E-state index in [0.717, 1.165) is 26.0 Å². The van der Waals surface area contributed by atoms with Gasteiger partial charge in [0.1, 0.15) is 0 Å². The fourth-order valence-corrected chi connectivity index (χ4v) is 2.22. The van der Waals surface area contributed by atoms with Crippen molar-refractivity contribution in [2.75, 3.05) is 20.2 Å². The first-order valence-electron chi connectivity index (χ1n) is 5.27. The highest BCUT2D eigenvalue weighted by Gasteiger charge is 2.33. The number of hydrogen-bond donors (Lipinski definition) is 1. The Labute approximate surface area is 79.7 Å². The first kappa shape index (κ1) is 9.44. The lowest BCUT2D eigenvalue weighted by molar-refractivity contribution is -0.0285. The Morgan fingerprint density at radius 1 is 1.38 bits per heavy atom. The number of aliphatic hydroxyl groups excluding tert-OH is 1. The van der Waals surface area contributed by atoms with Gasteiger partial charge in [0.15, 0.2) is 0 Å². The third-order valence-electron chi connectivity index (χ3n) is 3.28. The molecule has 0 bridgehead atoms. The molecule has 76 valence electrons. The normalized spacial score (nSPS) is 39.5. The Balaban J connectivity index is 1.73. The van der Waals surface area contributed by atoms with Crippen LogP contribution in [0.5, 0.6) is 0 Å². The molecule has 3 atom stereocenters. The zero-order valence-electron chi connectivity index (χ0n) is 8.28. The van der Waals surface area contributed by atoms with Gasteiger partial charge in [0.2, 0.25) is 0 Å². The van der Waals surface area contributed by atoms with Gasteiger partial charge >= 0.3 is 0 Å². The predicted octanol–water partition coefficient (Wildman–Crippen LogP) is 0.620. The molecule has 3 unspecified atom stereocenters. The van der Waals surface area contributed by atoms with Crippen LogP contribution < -0.4 is 0 Å². The van der Waals surface area contributed by atoms with Gasteiger partial charge in [0.25, 0.3) is 0 Å². The van der Waals surface area contributed by atoms with Crippen LogP contribution in [0.4, 0.5) is 0 Å². The molecule has 0 aromatic carbocycles. The lowest BCUT2D eigenvalue weighted by Crippen LogP contribution is -2.50. The third-order valence-corrected chi connectivity index (χ3v) is 3.28. The molecule has 3 heteroatoms. The topological polar surface area (TPSA) is 32.7 Å². The van der Waals surface area contributed by atoms with Crippen molar-refractivity contribution < 1.29 is 9.84 Å². The average molecular weight is 185 g/mol. The van der Waals surface area contributed by atoms with Crippen LogP contribution in [0.25, 0.3) is 0 Å². The Kier molecular flexibility index (Phi) is 2.86. The van der Waals surface area contributed by atoms with Crippen molar-refractivity contribution in [2.24, 2.45) is 0 Å². The monoisotopic (exact) mass is 185 g/mol. The molecule has 1 saturated carbocycles. The van der Waals surface area contributed by atoms with Crippen LogP contribution in [0, 0.1) is 0 Å². The van der Waals surface area contributed by atoms with Gasteiger partial charge in [0.05, 0.1) is 12.2 Å². The number of likely N-dealkylation sites (N-methyl/N-ethyl adjacent to an activating group) is 1. The molecule has 2 fully saturated rings. The number of nitrogens with zero attached hydrogens (tertiary/aromatic N) is 1. The molecule has 1 aliphatic carbocycles. The maximum Gasteiger partial charge on any atom is 0.0702 e. The highest BCUT2D eigenvalue weighted by atomic mass is 16.5. The second-order valence-electron chi connectivity index (χ2n) is 4.29. The largest absolute Gasteiger partial charge is 0.391 e. The van der Waals surface area contributed by atoms with E-state index in [1.807, 2.05) is 0 Å². The second kappa shape index (κ2) is 3.95. The molecular weight excluding hydrogens is 166 g/mol. The van der Waals surface area contributed by atoms with Gasteiger partial charge in [-0.3, -0.25) is 4.90 Å². The van der Waals surface area contributed by atoms with Crippen LogP contribution >= 0.6 is 0 Å². The smallest absolute Gasteiger partial charge is 0.0702 e. The maximum absolute atomic E-state index is 9.47. The van der Waals surface area contributed by atoms with E-state index in [1.54, 1.807) is 0 Å². The molecule has 2 aliphatic rings. The SMILES string of the molecule is CN(CC1CCCO1)C1CCC1O. The molecule has 1 N–H and O–H groups in total. The lowest BCUT2D eigenvalue weighted by atomic mass is 9.88. The molecule has 0 aromatic rings. The van der Waals surface area contributed by atoms with Crippen molar-refractivity contribution in [3.63, 3.8) is 0 Å². The minimum atomic E-state index is -0.0913. The summed E-state index contributed by atoms with van der Waals surface area (Å²) in [6, 6.07) is 0.393. The minimum Gasteiger partial charge on any atom is -0.391 e. The summed E-state index contributed by atoms with van der Waals surface area (Å²) in [5.74, 6) is 0. The third kappa shape index (κ3) is 2.03. The van der Waals surface area contributed by atoms with E-state index in [1.165, 1.54) is 12.8 Å². The summed E-state index contributed by atoms with van der Waals surface area (Å²) in [7, 11) is 2.09. The molecule has 3 nitrogen and oxygen atoms in total. The van der Waals surface area contributed by atoms with E-state index in [4.69, 9.17) is 4.74 Å². The van der Waals surface area contributed by atoms with Gasteiger partial charge < -0.3 is 9.84 Å². The highest BCUT2D eigenvalue weighted by molar-refractivity contribution is 4.88. The van der Waals surface area contributed by atoms with Crippen molar-refractivity contribution in [3.8, 4) is 0 Å². The van der Waals surface area contributed by atoms with Crippen molar-refractivity contribution in [2.45, 2.75) is 43.9 Å². The molecule has 2 rings (SSSR count). The van der Waals surface area contributed by atoms with E-state index in [2.05, 4.69) is 11.9 Å². The summed E-state index contributed by atoms with van der Waals surface area (Å²) in [5.41, 5.74) is 0. The van der Waals surface area contributed by atoms with E-state index < -0.39 is 0 Å². The van der Waals surface area contributed by atoms with E-state index in [-0.39, 0.29) is 6.10 Å². The number of ether oxygens (including phenoxy) is 1. The summed E-state index contributed by atoms with van der Waals surface area (Å²) in [6.07, 6.45) is 4.83. The highest BCUT2D eigenvalue weighted by Crippen LogP contribution is 2.25. The number of rotatable bonds is 3. The Morgan fingerprint density at radius 2 is 2.23 bits per heavy atom. The first-order valence-corrected chi connectivity index (χ1v) is 5.27. The zero-order chi connectivity index (χ0) is 9.26. The zero-order valence-corrected chi connectivity index (χ0v) is 8.28. The summed E-state index contributed by atoms with van der Waals surface area (Å²) in [6.45, 7) is 1.91. The van der Waals surface area contributed by atoms with Crippen LogP contribution in [-0.2, 0) is 4.74 Å². The van der Waals surface area contributed by atoms with Crippen molar-refractivity contribution in [3.05, 3.63) is 0 Å². The average Bonchev–Trinajstić information content (AvgIpc) is 2.54. The minimum absolute atomic E-state index is 0.0913. The summed E-state index contributed by atoms with van der Waals surface area (Å²) in [5, 5.41) is 9.47. The van der Waals surface area contributed by atoms with E-state index >= 15 is 0 Å². The van der Waals surface area contributed by atoms with Crippen LogP contribution in [0.3, 0.4) is 0 Å². The molecule has 1 heterocycles. The van der Waals surface area contributed by atoms with Gasteiger partial charge in [-0.1, -0.05) is 0 Å². The fraction of sp³-hybridized carbons (Fsp3) is 1.00. The van der Waals surface area contributed by atoms with Crippen LogP contribution in [0.2, 0.25) is 0 Å². The van der Waals surface area contributed by atoms with Crippen molar-refractivity contribution >= 4 is 0 Å². The standard InChI is InChI=1S/C10H19NO2/c1-11(9-4-5-10(9)12)7-8-3-2-6-13-8/h8-10,12H,2-7H2,1H3. The molecule has 1 aliphatic heterocycles. The maximum atomic E-state index is 9.47. The quantitative estimate of drug-likeness (QED) is 0.699. The predicted molar refractivity (Wildman–Crippen MR) is 50.6 cm³/mol.